The van der Waals surface area contributed by atoms with Crippen LogP contribution in [0.4, 0.5) is 0 Å². The van der Waals surface area contributed by atoms with E-state index in [0.717, 1.165) is 10.2 Å². The normalized spacial score (nSPS) is 16.6. The Morgan fingerprint density at radius 1 is 1.13 bits per heavy atom. The fourth-order valence-electron chi connectivity index (χ4n) is 2.64. The molecule has 1 saturated carbocycles. The van der Waals surface area contributed by atoms with Gasteiger partial charge in [-0.3, -0.25) is 0 Å². The predicted molar refractivity (Wildman–Crippen MR) is 91.3 cm³/mol. The minimum atomic E-state index is -0.449. The fourth-order valence-corrected chi connectivity index (χ4v) is 2.90. The van der Waals surface area contributed by atoms with Gasteiger partial charge in [0.05, 0.1) is 19.3 Å². The van der Waals surface area contributed by atoms with Crippen LogP contribution >= 0.6 is 15.9 Å². The lowest BCUT2D eigenvalue weighted by Crippen LogP contribution is -3.00. The number of ether oxygens (including phenoxy) is 2. The first kappa shape index (κ1) is 20.7. The largest absolute Gasteiger partial charge is 1.00 e. The smallest absolute Gasteiger partial charge is 0.119 e. The maximum absolute atomic E-state index is 9.89. The molecule has 0 heterocycles. The van der Waals surface area contributed by atoms with E-state index in [1.54, 1.807) is 0 Å². The molecule has 1 atom stereocenters. The molecule has 6 heteroatoms. The number of rotatable bonds is 9. The molecule has 1 aliphatic rings. The lowest BCUT2D eigenvalue weighted by atomic mass is 9.95. The van der Waals surface area contributed by atoms with Crippen LogP contribution in [0, 0.1) is 0 Å². The highest BCUT2D eigenvalue weighted by Crippen LogP contribution is 2.17. The molecule has 23 heavy (non-hydrogen) atoms. The van der Waals surface area contributed by atoms with E-state index in [1.165, 1.54) is 32.1 Å². The van der Waals surface area contributed by atoms with Gasteiger partial charge < -0.3 is 32.3 Å². The van der Waals surface area contributed by atoms with Crippen molar-refractivity contribution in [2.45, 2.75) is 44.2 Å². The molecule has 1 unspecified atom stereocenters. The Hall–Kier alpha value is -0.330. The van der Waals surface area contributed by atoms with Gasteiger partial charge in [0.1, 0.15) is 12.4 Å². The summed E-state index contributed by atoms with van der Waals surface area (Å²) in [4.78, 5) is 0. The number of halogens is 2. The predicted octanol–water partition coefficient (Wildman–Crippen LogP) is 0.132. The zero-order chi connectivity index (χ0) is 15.6. The molecule has 0 amide bonds. The zero-order valence-electron chi connectivity index (χ0n) is 13.3. The van der Waals surface area contributed by atoms with Gasteiger partial charge in [0.15, 0.2) is 0 Å². The van der Waals surface area contributed by atoms with Crippen LogP contribution in [-0.2, 0) is 4.74 Å². The molecule has 1 aromatic rings. The van der Waals surface area contributed by atoms with Crippen LogP contribution < -0.4 is 22.5 Å². The summed E-state index contributed by atoms with van der Waals surface area (Å²) < 4.78 is 12.0. The van der Waals surface area contributed by atoms with Crippen molar-refractivity contribution in [1.82, 2.24) is 5.32 Å². The highest BCUT2D eigenvalue weighted by molar-refractivity contribution is 9.10. The van der Waals surface area contributed by atoms with E-state index in [2.05, 4.69) is 21.2 Å². The number of aliphatic hydroxyl groups is 1. The van der Waals surface area contributed by atoms with E-state index in [4.69, 9.17) is 9.47 Å². The minimum absolute atomic E-state index is 0. The topological polar surface area (TPSA) is 50.7 Å². The summed E-state index contributed by atoms with van der Waals surface area (Å²) in [6.07, 6.45) is 5.97. The lowest BCUT2D eigenvalue weighted by Gasteiger charge is -2.24. The summed E-state index contributed by atoms with van der Waals surface area (Å²) in [7, 11) is 0. The summed E-state index contributed by atoms with van der Waals surface area (Å²) in [5.74, 6) is 0.825. The van der Waals surface area contributed by atoms with Gasteiger partial charge in [-0.2, -0.15) is 0 Å². The molecule has 0 bridgehead atoms. The van der Waals surface area contributed by atoms with Crippen LogP contribution in [0.25, 0.3) is 0 Å². The van der Waals surface area contributed by atoms with Crippen LogP contribution in [0.5, 0.6) is 5.75 Å². The minimum Gasteiger partial charge on any atom is -1.00 e. The highest BCUT2D eigenvalue weighted by atomic mass is 79.9. The number of hydrogen-bond acceptors (Lipinski definition) is 4. The van der Waals surface area contributed by atoms with Gasteiger partial charge >= 0.3 is 0 Å². The molecule has 0 saturated heterocycles. The standard InChI is InChI=1S/C17H26BrNO3.ClH/c18-14-6-8-17(9-7-14)22-11-10-21-13-16(20)12-19-15-4-2-1-3-5-15;/h6-9,15-16,19-20H,1-5,10-13H2;1H/p-1. The van der Waals surface area contributed by atoms with E-state index < -0.39 is 6.10 Å². The van der Waals surface area contributed by atoms with Gasteiger partial charge in [-0.1, -0.05) is 35.2 Å². The Bertz CT molecular complexity index is 413. The van der Waals surface area contributed by atoms with E-state index in [9.17, 15) is 5.11 Å². The first-order chi connectivity index (χ1) is 10.7. The third-order valence-electron chi connectivity index (χ3n) is 3.87. The first-order valence-electron chi connectivity index (χ1n) is 8.11. The van der Waals surface area contributed by atoms with Crippen LogP contribution in [0.3, 0.4) is 0 Å². The van der Waals surface area contributed by atoms with Crippen molar-refractivity contribution in [3.63, 3.8) is 0 Å². The average Bonchev–Trinajstić information content (AvgIpc) is 2.55. The second-order valence-electron chi connectivity index (χ2n) is 5.77. The van der Waals surface area contributed by atoms with E-state index in [1.807, 2.05) is 24.3 Å². The van der Waals surface area contributed by atoms with Gasteiger partial charge in [0.25, 0.3) is 0 Å². The Kier molecular flexibility index (Phi) is 10.9. The van der Waals surface area contributed by atoms with Gasteiger partial charge in [0.2, 0.25) is 0 Å². The third kappa shape index (κ3) is 8.91. The number of aliphatic hydroxyl groups excluding tert-OH is 1. The quantitative estimate of drug-likeness (QED) is 0.572. The first-order valence-corrected chi connectivity index (χ1v) is 8.91. The van der Waals surface area contributed by atoms with Crippen molar-refractivity contribution in [3.8, 4) is 5.75 Å². The summed E-state index contributed by atoms with van der Waals surface area (Å²) in [5, 5.41) is 13.3. The van der Waals surface area contributed by atoms with Crippen LogP contribution in [0.2, 0.25) is 0 Å². The molecular formula is C17H26BrClNO3-. The molecule has 0 aliphatic heterocycles. The SMILES string of the molecule is OC(CNC1CCCCC1)COCCOc1ccc(Br)cc1.[Cl-]. The Balaban J connectivity index is 0.00000264. The van der Waals surface area contributed by atoms with Crippen LogP contribution in [0.1, 0.15) is 32.1 Å². The monoisotopic (exact) mass is 406 g/mol. The van der Waals surface area contributed by atoms with Crippen molar-refractivity contribution in [2.24, 2.45) is 0 Å². The van der Waals surface area contributed by atoms with Gasteiger partial charge in [-0.05, 0) is 37.1 Å². The molecule has 0 spiro atoms. The Labute approximate surface area is 153 Å². The maximum Gasteiger partial charge on any atom is 0.119 e. The molecule has 2 N–H and O–H groups in total. The maximum atomic E-state index is 9.89. The molecule has 4 nitrogen and oxygen atoms in total. The zero-order valence-corrected chi connectivity index (χ0v) is 15.7. The van der Waals surface area contributed by atoms with Crippen molar-refractivity contribution in [1.29, 1.82) is 0 Å². The summed E-state index contributed by atoms with van der Waals surface area (Å²) in [5.41, 5.74) is 0. The molecule has 2 rings (SSSR count). The van der Waals surface area contributed by atoms with E-state index >= 15 is 0 Å². The van der Waals surface area contributed by atoms with Crippen LogP contribution in [-0.4, -0.2) is 43.6 Å². The molecule has 0 aromatic heterocycles. The number of nitrogens with one attached hydrogen (secondary N) is 1. The second-order valence-corrected chi connectivity index (χ2v) is 6.69. The molecule has 0 radical (unpaired) electrons. The van der Waals surface area contributed by atoms with Crippen LogP contribution in [0.15, 0.2) is 28.7 Å². The lowest BCUT2D eigenvalue weighted by molar-refractivity contribution is -0.00000770. The van der Waals surface area contributed by atoms with Crippen molar-refractivity contribution in [3.05, 3.63) is 28.7 Å². The average molecular weight is 408 g/mol. The van der Waals surface area contributed by atoms with Crippen molar-refractivity contribution >= 4 is 15.9 Å². The van der Waals surface area contributed by atoms with Gasteiger partial charge in [0, 0.05) is 17.1 Å². The highest BCUT2D eigenvalue weighted by Gasteiger charge is 2.14. The summed E-state index contributed by atoms with van der Waals surface area (Å²) in [6.45, 7) is 1.93. The van der Waals surface area contributed by atoms with Crippen molar-refractivity contribution in [2.75, 3.05) is 26.4 Å². The van der Waals surface area contributed by atoms with Gasteiger partial charge in [-0.25, -0.2) is 0 Å². The molecule has 132 valence electrons. The Morgan fingerprint density at radius 3 is 2.52 bits per heavy atom. The number of hydrogen-bond donors (Lipinski definition) is 2. The van der Waals surface area contributed by atoms with Gasteiger partial charge in [-0.15, -0.1) is 0 Å². The molecule has 1 aliphatic carbocycles. The fraction of sp³-hybridized carbons (Fsp3) is 0.647. The molecule has 1 aromatic carbocycles. The summed E-state index contributed by atoms with van der Waals surface area (Å²) in [6, 6.07) is 8.28. The second kappa shape index (κ2) is 12.1. The number of benzene rings is 1. The third-order valence-corrected chi connectivity index (χ3v) is 4.40. The summed E-state index contributed by atoms with van der Waals surface area (Å²) >= 11 is 3.38. The van der Waals surface area contributed by atoms with E-state index in [0.29, 0.717) is 32.4 Å². The molecule has 1 fully saturated rings. The molecular weight excluding hydrogens is 382 g/mol. The van der Waals surface area contributed by atoms with Crippen molar-refractivity contribution < 1.29 is 27.0 Å². The van der Waals surface area contributed by atoms with E-state index in [-0.39, 0.29) is 12.4 Å². The Morgan fingerprint density at radius 2 is 1.83 bits per heavy atom.